The number of allylic oxidation sites excluding steroid dienone is 1. The Bertz CT molecular complexity index is 1290. The minimum Gasteiger partial charge on any atom is -0.493 e. The molecule has 0 aliphatic carbocycles. The van der Waals surface area contributed by atoms with E-state index in [2.05, 4.69) is 107 Å². The molecule has 3 aliphatic rings. The molecule has 0 atom stereocenters. The zero-order valence-corrected chi connectivity index (χ0v) is 25.9. The number of para-hydroxylation sites is 1. The first-order chi connectivity index (χ1) is 18.5. The third-order valence-electron chi connectivity index (χ3n) is 9.72. The Hall–Kier alpha value is -2.55. The molecule has 0 saturated carbocycles. The van der Waals surface area contributed by atoms with Crippen LogP contribution < -0.4 is 9.64 Å². The molecule has 0 aromatic heterocycles. The molecule has 3 heterocycles. The van der Waals surface area contributed by atoms with Crippen molar-refractivity contribution in [1.82, 2.24) is 0 Å². The van der Waals surface area contributed by atoms with Gasteiger partial charge in [0.05, 0.1) is 12.0 Å². The van der Waals surface area contributed by atoms with Gasteiger partial charge in [0, 0.05) is 54.0 Å². The maximum atomic E-state index is 6.77. The van der Waals surface area contributed by atoms with Gasteiger partial charge in [-0.25, -0.2) is 0 Å². The Morgan fingerprint density at radius 3 is 2.28 bits per heavy atom. The van der Waals surface area contributed by atoms with Crippen LogP contribution in [-0.4, -0.2) is 36.5 Å². The van der Waals surface area contributed by atoms with Crippen molar-refractivity contribution < 1.29 is 9.31 Å². The number of anilines is 1. The molecule has 0 radical (unpaired) electrons. The summed E-state index contributed by atoms with van der Waals surface area (Å²) in [6.45, 7) is 23.2. The minimum atomic E-state index is -0.0398. The first-order valence-corrected chi connectivity index (χ1v) is 15.5. The Kier molecular flexibility index (Phi) is 7.50. The number of unbranched alkanes of at least 4 members (excludes halogenated alkanes) is 2. The van der Waals surface area contributed by atoms with Crippen molar-refractivity contribution in [3.05, 3.63) is 58.7 Å². The van der Waals surface area contributed by atoms with Crippen LogP contribution in [-0.2, 0) is 16.2 Å². The molecule has 0 bridgehead atoms. The molecule has 2 aromatic rings. The fourth-order valence-corrected chi connectivity index (χ4v) is 7.04. The Labute approximate surface area is 238 Å². The van der Waals surface area contributed by atoms with Crippen LogP contribution in [0.5, 0.6) is 5.75 Å². The lowest BCUT2D eigenvalue weighted by molar-refractivity contribution is -0.438. The molecule has 5 rings (SSSR count). The molecule has 3 heteroatoms. The highest BCUT2D eigenvalue weighted by Crippen LogP contribution is 2.54. The zero-order chi connectivity index (χ0) is 28.0. The second-order valence-electron chi connectivity index (χ2n) is 13.9. The quantitative estimate of drug-likeness (QED) is 0.239. The molecule has 0 saturated heterocycles. The zero-order valence-electron chi connectivity index (χ0n) is 25.9. The maximum Gasteiger partial charge on any atom is 0.209 e. The fourth-order valence-electron chi connectivity index (χ4n) is 7.04. The van der Waals surface area contributed by atoms with Crippen molar-refractivity contribution in [2.24, 2.45) is 0 Å². The summed E-state index contributed by atoms with van der Waals surface area (Å²) in [5.74, 6) is 1.12. The van der Waals surface area contributed by atoms with E-state index in [9.17, 15) is 0 Å². The lowest BCUT2D eigenvalue weighted by atomic mass is 9.68. The minimum absolute atomic E-state index is 0.0398. The predicted octanol–water partition coefficient (Wildman–Crippen LogP) is 8.92. The number of nitrogens with zero attached hydrogens (tertiary/aromatic N) is 2. The van der Waals surface area contributed by atoms with Gasteiger partial charge >= 0.3 is 0 Å². The lowest BCUT2D eigenvalue weighted by Gasteiger charge is -2.49. The molecular formula is C36H51N2O+. The summed E-state index contributed by atoms with van der Waals surface area (Å²) >= 11 is 0. The highest BCUT2D eigenvalue weighted by molar-refractivity contribution is 6.05. The van der Waals surface area contributed by atoms with Crippen molar-refractivity contribution in [3.63, 3.8) is 0 Å². The van der Waals surface area contributed by atoms with E-state index in [0.29, 0.717) is 0 Å². The van der Waals surface area contributed by atoms with Gasteiger partial charge in [0.15, 0.2) is 5.71 Å². The Morgan fingerprint density at radius 1 is 0.872 bits per heavy atom. The number of hydrogen-bond donors (Lipinski definition) is 0. The maximum absolute atomic E-state index is 6.77. The summed E-state index contributed by atoms with van der Waals surface area (Å²) in [4.78, 5) is 2.65. The summed E-state index contributed by atoms with van der Waals surface area (Å²) in [6, 6.07) is 11.5. The number of hydrogen-bond acceptors (Lipinski definition) is 2. The normalized spacial score (nSPS) is 20.4. The molecule has 0 amide bonds. The van der Waals surface area contributed by atoms with E-state index in [-0.39, 0.29) is 16.2 Å². The largest absolute Gasteiger partial charge is 0.493 e. The first kappa shape index (κ1) is 28.0. The molecular weight excluding hydrogens is 476 g/mol. The predicted molar refractivity (Wildman–Crippen MR) is 168 cm³/mol. The molecule has 39 heavy (non-hydrogen) atoms. The van der Waals surface area contributed by atoms with E-state index >= 15 is 0 Å². The number of rotatable bonds is 9. The SMILES string of the molecule is CCCCOc1c(/C=C/C2=[N+](CCCC)c3ccccc3C2(C)C)cc2c3c1C(C)(C)CCN3CCC2(C)C. The van der Waals surface area contributed by atoms with Crippen molar-refractivity contribution in [2.75, 3.05) is 31.1 Å². The van der Waals surface area contributed by atoms with Crippen molar-refractivity contribution in [2.45, 2.75) is 110 Å². The van der Waals surface area contributed by atoms with E-state index in [4.69, 9.17) is 4.74 Å². The highest BCUT2D eigenvalue weighted by Gasteiger charge is 2.45. The van der Waals surface area contributed by atoms with Crippen LogP contribution in [0, 0.1) is 0 Å². The van der Waals surface area contributed by atoms with Gasteiger partial charge in [-0.2, -0.15) is 4.58 Å². The molecule has 3 aliphatic heterocycles. The van der Waals surface area contributed by atoms with Crippen LogP contribution in [0.1, 0.15) is 116 Å². The van der Waals surface area contributed by atoms with E-state index in [1.165, 1.54) is 65.0 Å². The molecule has 3 nitrogen and oxygen atoms in total. The van der Waals surface area contributed by atoms with Gasteiger partial charge < -0.3 is 9.64 Å². The average Bonchev–Trinajstić information content (AvgIpc) is 3.11. The van der Waals surface area contributed by atoms with Gasteiger partial charge in [-0.1, -0.05) is 72.6 Å². The lowest BCUT2D eigenvalue weighted by Crippen LogP contribution is -2.45. The van der Waals surface area contributed by atoms with Crippen molar-refractivity contribution >= 4 is 23.2 Å². The van der Waals surface area contributed by atoms with E-state index < -0.39 is 0 Å². The molecule has 0 fully saturated rings. The fraction of sp³-hybridized carbons (Fsp3) is 0.583. The van der Waals surface area contributed by atoms with Gasteiger partial charge in [-0.3, -0.25) is 0 Å². The molecule has 0 N–H and O–H groups in total. The van der Waals surface area contributed by atoms with Crippen LogP contribution in [0.25, 0.3) is 6.08 Å². The second-order valence-corrected chi connectivity index (χ2v) is 13.9. The van der Waals surface area contributed by atoms with E-state index in [1.807, 2.05) is 0 Å². The summed E-state index contributed by atoms with van der Waals surface area (Å²) in [5, 5.41) is 0. The van der Waals surface area contributed by atoms with Crippen LogP contribution in [0.2, 0.25) is 0 Å². The van der Waals surface area contributed by atoms with Crippen LogP contribution >= 0.6 is 0 Å². The number of benzene rings is 2. The van der Waals surface area contributed by atoms with Gasteiger partial charge in [0.25, 0.3) is 0 Å². The summed E-state index contributed by atoms with van der Waals surface area (Å²) < 4.78 is 9.35. The topological polar surface area (TPSA) is 15.5 Å². The first-order valence-electron chi connectivity index (χ1n) is 15.5. The van der Waals surface area contributed by atoms with Crippen molar-refractivity contribution in [3.8, 4) is 5.75 Å². The number of ether oxygens (including phenoxy) is 1. The molecule has 0 spiro atoms. The van der Waals surface area contributed by atoms with Crippen LogP contribution in [0.15, 0.2) is 36.4 Å². The third kappa shape index (κ3) is 4.85. The Balaban J connectivity index is 1.70. The van der Waals surface area contributed by atoms with Crippen LogP contribution in [0.3, 0.4) is 0 Å². The Morgan fingerprint density at radius 2 is 1.56 bits per heavy atom. The second kappa shape index (κ2) is 10.5. The third-order valence-corrected chi connectivity index (χ3v) is 9.72. The molecule has 0 unspecified atom stereocenters. The molecule has 2 aromatic carbocycles. The standard InChI is InChI=1S/C36H51N2O/c1-9-11-21-38-29-16-14-13-15-27(29)36(7,8)30(38)18-17-26-25-28-32-31(33(26)39-24-12-10-2)35(5,6)20-23-37(32)22-19-34(28,3)4/h13-18,25H,9-12,19-24H2,1-8H3/q+1. The molecule has 210 valence electrons. The van der Waals surface area contributed by atoms with E-state index in [0.717, 1.165) is 44.8 Å². The van der Waals surface area contributed by atoms with Gasteiger partial charge in [0.1, 0.15) is 12.3 Å². The average molecular weight is 528 g/mol. The number of fused-ring (bicyclic) bond motifs is 1. The van der Waals surface area contributed by atoms with Gasteiger partial charge in [0.2, 0.25) is 5.69 Å². The van der Waals surface area contributed by atoms with Crippen LogP contribution in [0.4, 0.5) is 11.4 Å². The summed E-state index contributed by atoms with van der Waals surface area (Å²) in [6.07, 6.45) is 11.8. The monoisotopic (exact) mass is 527 g/mol. The van der Waals surface area contributed by atoms with Crippen molar-refractivity contribution in [1.29, 1.82) is 0 Å². The summed E-state index contributed by atoms with van der Waals surface area (Å²) in [5.41, 5.74) is 10.1. The van der Waals surface area contributed by atoms with E-state index in [1.54, 1.807) is 0 Å². The highest BCUT2D eigenvalue weighted by atomic mass is 16.5. The smallest absolute Gasteiger partial charge is 0.209 e. The van der Waals surface area contributed by atoms with Gasteiger partial charge in [-0.05, 0) is 61.6 Å². The summed E-state index contributed by atoms with van der Waals surface area (Å²) in [7, 11) is 0. The van der Waals surface area contributed by atoms with Gasteiger partial charge in [-0.15, -0.1) is 0 Å².